The largest absolute Gasteiger partial charge is 0.379 e. The van der Waals surface area contributed by atoms with Gasteiger partial charge in [0.1, 0.15) is 5.82 Å². The molecule has 4 rings (SSSR count). The van der Waals surface area contributed by atoms with E-state index < -0.39 is 15.6 Å². The minimum absolute atomic E-state index is 0.140. The van der Waals surface area contributed by atoms with E-state index >= 15 is 0 Å². The Kier molecular flexibility index (Phi) is 5.65. The second kappa shape index (κ2) is 8.09. The summed E-state index contributed by atoms with van der Waals surface area (Å²) in [5.74, 6) is -0.659. The van der Waals surface area contributed by atoms with Crippen LogP contribution in [0.5, 0.6) is 0 Å². The van der Waals surface area contributed by atoms with Crippen LogP contribution in [0, 0.1) is 12.7 Å². The summed E-state index contributed by atoms with van der Waals surface area (Å²) in [6.45, 7) is 3.04. The summed E-state index contributed by atoms with van der Waals surface area (Å²) < 4.78 is 46.1. The lowest BCUT2D eigenvalue weighted by molar-refractivity contribution is 0.0730. The Hall–Kier alpha value is -2.29. The lowest BCUT2D eigenvalue weighted by atomic mass is 9.71. The number of nitrogens with one attached hydrogen (secondary N) is 1. The van der Waals surface area contributed by atoms with Gasteiger partial charge in [0.05, 0.1) is 23.6 Å². The fourth-order valence-electron chi connectivity index (χ4n) is 4.02. The van der Waals surface area contributed by atoms with Crippen molar-refractivity contribution in [3.8, 4) is 0 Å². The third-order valence-corrected chi connectivity index (χ3v) is 8.04. The average Bonchev–Trinajstić information content (AvgIpc) is 2.72. The van der Waals surface area contributed by atoms with E-state index in [1.165, 1.54) is 22.5 Å². The van der Waals surface area contributed by atoms with Gasteiger partial charge in [-0.05, 0) is 61.6 Å². The van der Waals surface area contributed by atoms with Crippen molar-refractivity contribution in [1.82, 2.24) is 9.62 Å². The molecule has 1 heterocycles. The molecule has 6 nitrogen and oxygen atoms in total. The molecule has 1 aliphatic heterocycles. The van der Waals surface area contributed by atoms with Crippen molar-refractivity contribution in [2.45, 2.75) is 36.6 Å². The number of halogens is 1. The smallest absolute Gasteiger partial charge is 0.252 e. The maximum atomic E-state index is 13.3. The third kappa shape index (κ3) is 3.87. The summed E-state index contributed by atoms with van der Waals surface area (Å²) in [6.07, 6.45) is 2.48. The maximum absolute atomic E-state index is 13.3. The van der Waals surface area contributed by atoms with Crippen LogP contribution in [0.3, 0.4) is 0 Å². The Morgan fingerprint density at radius 2 is 1.77 bits per heavy atom. The molecule has 160 valence electrons. The lowest BCUT2D eigenvalue weighted by Crippen LogP contribution is -2.50. The average molecular weight is 433 g/mol. The van der Waals surface area contributed by atoms with E-state index in [0.717, 1.165) is 24.8 Å². The molecule has 1 N–H and O–H groups in total. The number of hydrogen-bond acceptors (Lipinski definition) is 4. The van der Waals surface area contributed by atoms with Gasteiger partial charge in [-0.3, -0.25) is 4.79 Å². The number of nitrogens with zero attached hydrogens (tertiary/aromatic N) is 1. The van der Waals surface area contributed by atoms with E-state index in [1.54, 1.807) is 31.2 Å². The van der Waals surface area contributed by atoms with Gasteiger partial charge in [-0.15, -0.1) is 0 Å². The first-order valence-electron chi connectivity index (χ1n) is 10.1. The molecule has 1 saturated heterocycles. The number of rotatable bonds is 5. The molecule has 0 atom stereocenters. The van der Waals surface area contributed by atoms with Crippen LogP contribution >= 0.6 is 0 Å². The summed E-state index contributed by atoms with van der Waals surface area (Å²) in [4.78, 5) is 13.2. The van der Waals surface area contributed by atoms with Crippen molar-refractivity contribution in [1.29, 1.82) is 0 Å². The molecule has 2 aromatic carbocycles. The van der Waals surface area contributed by atoms with Gasteiger partial charge in [0.15, 0.2) is 0 Å². The van der Waals surface area contributed by atoms with Gasteiger partial charge < -0.3 is 10.1 Å². The highest BCUT2D eigenvalue weighted by Crippen LogP contribution is 2.41. The van der Waals surface area contributed by atoms with Gasteiger partial charge in [-0.1, -0.05) is 18.2 Å². The van der Waals surface area contributed by atoms with E-state index in [4.69, 9.17) is 4.74 Å². The van der Waals surface area contributed by atoms with Gasteiger partial charge >= 0.3 is 0 Å². The van der Waals surface area contributed by atoms with E-state index in [-0.39, 0.29) is 16.6 Å². The molecule has 0 bridgehead atoms. The third-order valence-electron chi connectivity index (χ3n) is 5.99. The van der Waals surface area contributed by atoms with Crippen molar-refractivity contribution in [2.24, 2.45) is 0 Å². The Morgan fingerprint density at radius 3 is 2.37 bits per heavy atom. The number of amides is 1. The van der Waals surface area contributed by atoms with Crippen molar-refractivity contribution in [3.63, 3.8) is 0 Å². The highest BCUT2D eigenvalue weighted by atomic mass is 32.2. The molecule has 2 aromatic rings. The summed E-state index contributed by atoms with van der Waals surface area (Å²) in [5.41, 5.74) is 1.20. The number of carbonyl (C=O) groups is 1. The molecule has 0 spiro atoms. The Bertz CT molecular complexity index is 1040. The number of ether oxygens (including phenoxy) is 1. The van der Waals surface area contributed by atoms with Crippen LogP contribution in [-0.2, 0) is 20.3 Å². The van der Waals surface area contributed by atoms with Crippen molar-refractivity contribution >= 4 is 15.9 Å². The first-order chi connectivity index (χ1) is 14.3. The van der Waals surface area contributed by atoms with E-state index in [1.807, 2.05) is 0 Å². The Morgan fingerprint density at radius 1 is 1.10 bits per heavy atom. The van der Waals surface area contributed by atoms with Crippen LogP contribution in [0.4, 0.5) is 4.39 Å². The number of morpholine rings is 1. The second-order valence-corrected chi connectivity index (χ2v) is 9.80. The Balaban J connectivity index is 1.60. The molecular formula is C22H25FN2O4S. The fourth-order valence-corrected chi connectivity index (χ4v) is 5.68. The summed E-state index contributed by atoms with van der Waals surface area (Å²) >= 11 is 0. The highest BCUT2D eigenvalue weighted by molar-refractivity contribution is 7.89. The van der Waals surface area contributed by atoms with Crippen LogP contribution in [0.25, 0.3) is 0 Å². The summed E-state index contributed by atoms with van der Waals surface area (Å²) in [6, 6.07) is 10.9. The molecule has 1 amide bonds. The van der Waals surface area contributed by atoms with E-state index in [9.17, 15) is 17.6 Å². The molecule has 2 fully saturated rings. The van der Waals surface area contributed by atoms with Crippen molar-refractivity contribution < 1.29 is 22.3 Å². The van der Waals surface area contributed by atoms with Crippen LogP contribution in [0.2, 0.25) is 0 Å². The first kappa shape index (κ1) is 21.0. The number of carbonyl (C=O) groups excluding carboxylic acids is 1. The topological polar surface area (TPSA) is 75.7 Å². The normalized spacial score (nSPS) is 19.1. The predicted molar refractivity (Wildman–Crippen MR) is 110 cm³/mol. The lowest BCUT2D eigenvalue weighted by Gasteiger charge is -2.43. The van der Waals surface area contributed by atoms with Crippen molar-refractivity contribution in [3.05, 3.63) is 65.0 Å². The minimum Gasteiger partial charge on any atom is -0.379 e. The molecule has 30 heavy (non-hydrogen) atoms. The van der Waals surface area contributed by atoms with E-state index in [0.29, 0.717) is 37.4 Å². The zero-order valence-corrected chi connectivity index (χ0v) is 17.7. The maximum Gasteiger partial charge on any atom is 0.252 e. The monoisotopic (exact) mass is 432 g/mol. The van der Waals surface area contributed by atoms with Gasteiger partial charge in [0.25, 0.3) is 5.91 Å². The molecule has 0 radical (unpaired) electrons. The summed E-state index contributed by atoms with van der Waals surface area (Å²) in [5, 5.41) is 3.07. The van der Waals surface area contributed by atoms with Crippen molar-refractivity contribution in [2.75, 3.05) is 26.3 Å². The molecule has 8 heteroatoms. The molecule has 2 aliphatic rings. The van der Waals surface area contributed by atoms with E-state index in [2.05, 4.69) is 5.32 Å². The van der Waals surface area contributed by atoms with Crippen LogP contribution in [0.1, 0.15) is 40.7 Å². The quantitative estimate of drug-likeness (QED) is 0.788. The van der Waals surface area contributed by atoms with Crippen LogP contribution in [-0.4, -0.2) is 44.9 Å². The van der Waals surface area contributed by atoms with Gasteiger partial charge in [0, 0.05) is 18.7 Å². The molecule has 1 saturated carbocycles. The van der Waals surface area contributed by atoms with Crippen LogP contribution < -0.4 is 5.32 Å². The molecule has 0 aromatic heterocycles. The predicted octanol–water partition coefficient (Wildman–Crippen LogP) is 2.96. The van der Waals surface area contributed by atoms with Crippen LogP contribution in [0.15, 0.2) is 47.4 Å². The van der Waals surface area contributed by atoms with Gasteiger partial charge in [0.2, 0.25) is 10.0 Å². The number of benzene rings is 2. The minimum atomic E-state index is -3.71. The fraction of sp³-hybridized carbons (Fsp3) is 0.409. The number of hydrogen-bond donors (Lipinski definition) is 1. The first-order valence-corrected chi connectivity index (χ1v) is 11.5. The zero-order chi connectivity index (χ0) is 21.4. The second-order valence-electron chi connectivity index (χ2n) is 7.89. The number of sulfonamides is 1. The van der Waals surface area contributed by atoms with Gasteiger partial charge in [-0.25, -0.2) is 12.8 Å². The highest BCUT2D eigenvalue weighted by Gasteiger charge is 2.40. The number of aryl methyl sites for hydroxylation is 1. The molecular weight excluding hydrogens is 407 g/mol. The standard InChI is InChI=1S/C22H25FN2O4S/c1-16-3-4-17(15-20(16)30(27,28)25-11-13-29-14-12-25)21(26)24-22(9-2-10-22)18-5-7-19(23)8-6-18/h3-8,15H,2,9-14H2,1H3,(H,24,26). The molecule has 0 unspecified atom stereocenters. The SMILES string of the molecule is Cc1ccc(C(=O)NC2(c3ccc(F)cc3)CCC2)cc1S(=O)(=O)N1CCOCC1. The summed E-state index contributed by atoms with van der Waals surface area (Å²) in [7, 11) is -3.71. The van der Waals surface area contributed by atoms with Gasteiger partial charge in [-0.2, -0.15) is 4.31 Å². The molecule has 1 aliphatic carbocycles. The Labute approximate surface area is 176 Å². The zero-order valence-electron chi connectivity index (χ0n) is 16.9.